The second kappa shape index (κ2) is 5.80. The molecule has 1 aliphatic rings. The molecule has 3 aromatic rings. The summed E-state index contributed by atoms with van der Waals surface area (Å²) in [7, 11) is 0. The summed E-state index contributed by atoms with van der Waals surface area (Å²) in [5.74, 6) is -0.414. The maximum Gasteiger partial charge on any atom is 0.250 e. The molecule has 130 valence electrons. The maximum atomic E-state index is 12.0. The average Bonchev–Trinajstić information content (AvgIpc) is 2.95. The van der Waals surface area contributed by atoms with Gasteiger partial charge in [0, 0.05) is 17.3 Å². The van der Waals surface area contributed by atoms with E-state index in [2.05, 4.69) is 58.0 Å². The highest BCUT2D eigenvalue weighted by molar-refractivity contribution is 6.00. The zero-order chi connectivity index (χ0) is 18.6. The third-order valence-corrected chi connectivity index (χ3v) is 5.67. The summed E-state index contributed by atoms with van der Waals surface area (Å²) in [4.78, 5) is 16.7. The van der Waals surface area contributed by atoms with Crippen molar-refractivity contribution in [2.75, 3.05) is 0 Å². The molecule has 26 heavy (non-hydrogen) atoms. The van der Waals surface area contributed by atoms with Gasteiger partial charge in [-0.1, -0.05) is 30.3 Å². The molecule has 0 unspecified atom stereocenters. The molecule has 0 atom stereocenters. The quantitative estimate of drug-likeness (QED) is 0.576. The summed E-state index contributed by atoms with van der Waals surface area (Å²) < 4.78 is 0. The van der Waals surface area contributed by atoms with E-state index in [0.29, 0.717) is 5.56 Å². The van der Waals surface area contributed by atoms with Crippen molar-refractivity contribution in [3.8, 4) is 22.4 Å². The molecule has 1 heterocycles. The number of carbonyl (C=O) groups is 1. The highest BCUT2D eigenvalue weighted by atomic mass is 16.1. The molecule has 1 aliphatic carbocycles. The van der Waals surface area contributed by atoms with Crippen LogP contribution in [-0.2, 0) is 6.42 Å². The third kappa shape index (κ3) is 2.35. The number of amides is 1. The Hall–Kier alpha value is -2.94. The summed E-state index contributed by atoms with van der Waals surface area (Å²) in [5.41, 5.74) is 17.7. The van der Waals surface area contributed by atoms with Crippen LogP contribution < -0.4 is 5.73 Å². The molecule has 0 radical (unpaired) electrons. The minimum Gasteiger partial charge on any atom is -0.366 e. The highest BCUT2D eigenvalue weighted by Crippen LogP contribution is 2.45. The summed E-state index contributed by atoms with van der Waals surface area (Å²) in [6.45, 7) is 8.48. The van der Waals surface area contributed by atoms with Crippen molar-refractivity contribution in [2.24, 2.45) is 5.73 Å². The molecule has 0 spiro atoms. The number of nitrogens with zero attached hydrogens (tertiary/aromatic N) is 1. The van der Waals surface area contributed by atoms with E-state index in [9.17, 15) is 4.79 Å². The van der Waals surface area contributed by atoms with Crippen LogP contribution in [0.25, 0.3) is 22.4 Å². The predicted molar refractivity (Wildman–Crippen MR) is 105 cm³/mol. The Morgan fingerprint density at radius 1 is 1.00 bits per heavy atom. The smallest absolute Gasteiger partial charge is 0.250 e. The molecule has 0 bridgehead atoms. The lowest BCUT2D eigenvalue weighted by molar-refractivity contribution is 0.0999. The Labute approximate surface area is 153 Å². The topological polar surface area (TPSA) is 56.0 Å². The summed E-state index contributed by atoms with van der Waals surface area (Å²) in [5, 5.41) is 0. The minimum atomic E-state index is -0.414. The zero-order valence-corrected chi connectivity index (χ0v) is 15.6. The van der Waals surface area contributed by atoms with E-state index >= 15 is 0 Å². The SMILES string of the molecule is Cc1cc2c(cc1C)-c1c(-c3cccc(C)c3C)ncc(C(N)=O)c1C2. The Bertz CT molecular complexity index is 1080. The first-order valence-corrected chi connectivity index (χ1v) is 8.87. The number of nitrogens with two attached hydrogens (primary N) is 1. The Morgan fingerprint density at radius 3 is 2.46 bits per heavy atom. The second-order valence-electron chi connectivity index (χ2n) is 7.26. The summed E-state index contributed by atoms with van der Waals surface area (Å²) in [6.07, 6.45) is 2.37. The number of aryl methyl sites for hydroxylation is 3. The van der Waals surface area contributed by atoms with Gasteiger partial charge in [0.1, 0.15) is 0 Å². The monoisotopic (exact) mass is 342 g/mol. The van der Waals surface area contributed by atoms with Gasteiger partial charge in [0.15, 0.2) is 0 Å². The molecule has 0 aliphatic heterocycles. The Morgan fingerprint density at radius 2 is 1.73 bits per heavy atom. The van der Waals surface area contributed by atoms with Gasteiger partial charge >= 0.3 is 0 Å². The van der Waals surface area contributed by atoms with E-state index in [1.807, 2.05) is 0 Å². The maximum absolute atomic E-state index is 12.0. The standard InChI is InChI=1S/C23H22N2O/c1-12-6-5-7-17(15(12)4)22-21-18-9-14(3)13(2)8-16(18)10-19(21)20(11-25-22)23(24)26/h5-9,11H,10H2,1-4H3,(H2,24,26). The second-order valence-corrected chi connectivity index (χ2v) is 7.26. The molecule has 2 N–H and O–H groups in total. The van der Waals surface area contributed by atoms with Crippen LogP contribution in [0.1, 0.15) is 43.7 Å². The van der Waals surface area contributed by atoms with Gasteiger partial charge in [-0.2, -0.15) is 0 Å². The fourth-order valence-corrected chi connectivity index (χ4v) is 3.89. The molecule has 3 nitrogen and oxygen atoms in total. The van der Waals surface area contributed by atoms with Crippen molar-refractivity contribution in [1.29, 1.82) is 0 Å². The molecule has 1 amide bonds. The molecule has 1 aromatic heterocycles. The van der Waals surface area contributed by atoms with E-state index in [4.69, 9.17) is 10.7 Å². The minimum absolute atomic E-state index is 0.414. The van der Waals surface area contributed by atoms with E-state index in [1.165, 1.54) is 33.4 Å². The molecule has 0 saturated heterocycles. The van der Waals surface area contributed by atoms with Gasteiger partial charge in [0.2, 0.25) is 0 Å². The number of pyridine rings is 1. The van der Waals surface area contributed by atoms with Crippen LogP contribution in [-0.4, -0.2) is 10.9 Å². The third-order valence-electron chi connectivity index (χ3n) is 5.67. The van der Waals surface area contributed by atoms with Gasteiger partial charge in [-0.05, 0) is 73.1 Å². The molecular weight excluding hydrogens is 320 g/mol. The summed E-state index contributed by atoms with van der Waals surface area (Å²) >= 11 is 0. The van der Waals surface area contributed by atoms with E-state index in [-0.39, 0.29) is 0 Å². The largest absolute Gasteiger partial charge is 0.366 e. The number of hydrogen-bond acceptors (Lipinski definition) is 2. The molecule has 3 heteroatoms. The number of hydrogen-bond donors (Lipinski definition) is 1. The van der Waals surface area contributed by atoms with Gasteiger partial charge in [-0.3, -0.25) is 9.78 Å². The summed E-state index contributed by atoms with van der Waals surface area (Å²) in [6, 6.07) is 10.7. The first kappa shape index (κ1) is 16.5. The predicted octanol–water partition coefficient (Wildman–Crippen LogP) is 4.65. The van der Waals surface area contributed by atoms with Gasteiger partial charge in [-0.15, -0.1) is 0 Å². The van der Waals surface area contributed by atoms with Gasteiger partial charge in [0.05, 0.1) is 11.3 Å². The lowest BCUT2D eigenvalue weighted by Gasteiger charge is -2.15. The first-order valence-electron chi connectivity index (χ1n) is 8.87. The molecule has 0 saturated carbocycles. The number of primary amides is 1. The highest BCUT2D eigenvalue weighted by Gasteiger charge is 2.28. The van der Waals surface area contributed by atoms with Crippen LogP contribution in [0.4, 0.5) is 0 Å². The van der Waals surface area contributed by atoms with Crippen LogP contribution in [0.2, 0.25) is 0 Å². The molecular formula is C23H22N2O. The van der Waals surface area contributed by atoms with E-state index in [0.717, 1.165) is 28.8 Å². The van der Waals surface area contributed by atoms with Crippen LogP contribution >= 0.6 is 0 Å². The number of rotatable bonds is 2. The van der Waals surface area contributed by atoms with Crippen LogP contribution in [0, 0.1) is 27.7 Å². The van der Waals surface area contributed by atoms with Crippen molar-refractivity contribution >= 4 is 5.91 Å². The van der Waals surface area contributed by atoms with Crippen molar-refractivity contribution in [2.45, 2.75) is 34.1 Å². The number of aromatic nitrogens is 1. The number of carbonyl (C=O) groups excluding carboxylic acids is 1. The number of benzene rings is 2. The van der Waals surface area contributed by atoms with Gasteiger partial charge < -0.3 is 5.73 Å². The lowest BCUT2D eigenvalue weighted by atomic mass is 9.92. The fraction of sp³-hybridized carbons (Fsp3) is 0.217. The van der Waals surface area contributed by atoms with Crippen LogP contribution in [0.5, 0.6) is 0 Å². The number of fused-ring (bicyclic) bond motifs is 3. The average molecular weight is 342 g/mol. The normalized spacial score (nSPS) is 12.0. The van der Waals surface area contributed by atoms with Crippen molar-refractivity contribution in [1.82, 2.24) is 4.98 Å². The van der Waals surface area contributed by atoms with Gasteiger partial charge in [0.25, 0.3) is 5.91 Å². The van der Waals surface area contributed by atoms with E-state index in [1.54, 1.807) is 6.20 Å². The fourth-order valence-electron chi connectivity index (χ4n) is 3.89. The molecule has 4 rings (SSSR count). The van der Waals surface area contributed by atoms with Crippen LogP contribution in [0.3, 0.4) is 0 Å². The van der Waals surface area contributed by atoms with Gasteiger partial charge in [-0.25, -0.2) is 0 Å². The zero-order valence-electron chi connectivity index (χ0n) is 15.6. The Balaban J connectivity index is 2.08. The Kier molecular flexibility index (Phi) is 3.69. The van der Waals surface area contributed by atoms with Crippen molar-refractivity contribution in [3.05, 3.63) is 75.5 Å². The van der Waals surface area contributed by atoms with Crippen molar-refractivity contribution < 1.29 is 4.79 Å². The lowest BCUT2D eigenvalue weighted by Crippen LogP contribution is -2.14. The molecule has 0 fully saturated rings. The first-order chi connectivity index (χ1) is 12.4. The van der Waals surface area contributed by atoms with Crippen molar-refractivity contribution in [3.63, 3.8) is 0 Å². The van der Waals surface area contributed by atoms with E-state index < -0.39 is 5.91 Å². The van der Waals surface area contributed by atoms with Crippen LogP contribution in [0.15, 0.2) is 36.5 Å². The molecule has 2 aromatic carbocycles.